The number of unbranched alkanes of at least 4 members (excludes halogenated alkanes) is 2. The van der Waals surface area contributed by atoms with Gasteiger partial charge in [0.15, 0.2) is 5.78 Å². The summed E-state index contributed by atoms with van der Waals surface area (Å²) in [5.41, 5.74) is 0. The van der Waals surface area contributed by atoms with E-state index in [1.165, 1.54) is 13.0 Å². The molecule has 3 unspecified atom stereocenters. The van der Waals surface area contributed by atoms with Gasteiger partial charge in [0.25, 0.3) is 0 Å². The summed E-state index contributed by atoms with van der Waals surface area (Å²) in [4.78, 5) is 45.9. The smallest absolute Gasteiger partial charge is 0.304 e. The van der Waals surface area contributed by atoms with Gasteiger partial charge in [0.05, 0.1) is 6.42 Å². The zero-order valence-electron chi connectivity index (χ0n) is 13.6. The van der Waals surface area contributed by atoms with Crippen LogP contribution in [0.25, 0.3) is 0 Å². The molecule has 3 atom stereocenters. The maximum Gasteiger partial charge on any atom is 0.304 e. The second kappa shape index (κ2) is 9.22. The number of ketones is 2. The highest BCUT2D eigenvalue weighted by atomic mass is 16.5. The molecule has 0 aromatic rings. The van der Waals surface area contributed by atoms with E-state index in [2.05, 4.69) is 0 Å². The lowest BCUT2D eigenvalue weighted by molar-refractivity contribution is -0.147. The largest absolute Gasteiger partial charge is 0.481 e. The molecule has 6 heteroatoms. The van der Waals surface area contributed by atoms with Crippen molar-refractivity contribution in [3.63, 3.8) is 0 Å². The number of carboxylic acid groups (broad SMARTS) is 1. The molecule has 1 fully saturated rings. The maximum atomic E-state index is 12.0. The predicted molar refractivity (Wildman–Crippen MR) is 82.7 cm³/mol. The van der Waals surface area contributed by atoms with Crippen molar-refractivity contribution in [1.82, 2.24) is 0 Å². The average Bonchev–Trinajstić information content (AvgIpc) is 2.71. The molecular formula is C17H24O6. The van der Waals surface area contributed by atoms with Crippen LogP contribution in [0.4, 0.5) is 0 Å². The van der Waals surface area contributed by atoms with E-state index in [0.717, 1.165) is 19.3 Å². The van der Waals surface area contributed by atoms with Crippen LogP contribution >= 0.6 is 0 Å². The molecule has 0 aromatic heterocycles. The molecule has 0 bridgehead atoms. The van der Waals surface area contributed by atoms with Crippen molar-refractivity contribution in [2.45, 2.75) is 58.5 Å². The Kier molecular flexibility index (Phi) is 7.65. The Hall–Kier alpha value is -1.98. The highest BCUT2D eigenvalue weighted by Gasteiger charge is 2.43. The van der Waals surface area contributed by atoms with E-state index in [-0.39, 0.29) is 24.4 Å². The number of carboxylic acids is 1. The number of esters is 1. The minimum Gasteiger partial charge on any atom is -0.481 e. The molecule has 0 spiro atoms. The summed E-state index contributed by atoms with van der Waals surface area (Å²) in [6.07, 6.45) is 5.13. The first-order valence-electron chi connectivity index (χ1n) is 7.97. The first kappa shape index (κ1) is 19.1. The van der Waals surface area contributed by atoms with Crippen molar-refractivity contribution in [3.05, 3.63) is 12.2 Å². The SMILES string of the molecule is CCCCCC(=O)C=CC1C(OC(C)=O)CC(=O)C1CC(=O)O. The van der Waals surface area contributed by atoms with Crippen LogP contribution in [0, 0.1) is 11.8 Å². The molecule has 1 N–H and O–H groups in total. The summed E-state index contributed by atoms with van der Waals surface area (Å²) >= 11 is 0. The summed E-state index contributed by atoms with van der Waals surface area (Å²) in [5.74, 6) is -3.22. The van der Waals surface area contributed by atoms with Crippen molar-refractivity contribution >= 4 is 23.5 Å². The van der Waals surface area contributed by atoms with Gasteiger partial charge in [-0.05, 0) is 12.5 Å². The van der Waals surface area contributed by atoms with Gasteiger partial charge in [-0.1, -0.05) is 25.8 Å². The van der Waals surface area contributed by atoms with Gasteiger partial charge in [0, 0.05) is 31.6 Å². The summed E-state index contributed by atoms with van der Waals surface area (Å²) in [6, 6.07) is 0. The first-order chi connectivity index (χ1) is 10.8. The van der Waals surface area contributed by atoms with Gasteiger partial charge in [-0.3, -0.25) is 19.2 Å². The summed E-state index contributed by atoms with van der Waals surface area (Å²) in [6.45, 7) is 3.29. The number of carbonyl (C=O) groups excluding carboxylic acids is 3. The van der Waals surface area contributed by atoms with Crippen molar-refractivity contribution in [3.8, 4) is 0 Å². The van der Waals surface area contributed by atoms with E-state index in [1.807, 2.05) is 6.92 Å². The van der Waals surface area contributed by atoms with Crippen LogP contribution in [-0.4, -0.2) is 34.7 Å². The van der Waals surface area contributed by atoms with Gasteiger partial charge >= 0.3 is 11.9 Å². The zero-order chi connectivity index (χ0) is 17.4. The Bertz CT molecular complexity index is 493. The van der Waals surface area contributed by atoms with Gasteiger partial charge < -0.3 is 9.84 Å². The quantitative estimate of drug-likeness (QED) is 0.397. The number of aliphatic carboxylic acids is 1. The van der Waals surface area contributed by atoms with Gasteiger partial charge in [0.2, 0.25) is 0 Å². The monoisotopic (exact) mass is 324 g/mol. The predicted octanol–water partition coefficient (Wildman–Crippen LogP) is 2.30. The highest BCUT2D eigenvalue weighted by molar-refractivity contribution is 5.91. The molecule has 0 aromatic carbocycles. The van der Waals surface area contributed by atoms with Crippen LogP contribution in [-0.2, 0) is 23.9 Å². The summed E-state index contributed by atoms with van der Waals surface area (Å²) in [5, 5.41) is 8.95. The molecule has 0 amide bonds. The molecule has 1 rings (SSSR count). The lowest BCUT2D eigenvalue weighted by Crippen LogP contribution is -2.25. The van der Waals surface area contributed by atoms with E-state index in [4.69, 9.17) is 9.84 Å². The minimum atomic E-state index is -1.08. The molecule has 0 saturated heterocycles. The third-order valence-electron chi connectivity index (χ3n) is 3.95. The number of ether oxygens (including phenoxy) is 1. The standard InChI is InChI=1S/C17H24O6/c1-3-4-5-6-12(19)7-8-13-14(9-17(21)22)15(20)10-16(13)23-11(2)18/h7-8,13-14,16H,3-6,9-10H2,1-2H3,(H,21,22). The van der Waals surface area contributed by atoms with Crippen LogP contribution in [0.5, 0.6) is 0 Å². The van der Waals surface area contributed by atoms with Crippen LogP contribution in [0.15, 0.2) is 12.2 Å². The van der Waals surface area contributed by atoms with Crippen molar-refractivity contribution < 1.29 is 29.0 Å². The number of hydrogen-bond acceptors (Lipinski definition) is 5. The van der Waals surface area contributed by atoms with E-state index in [1.54, 1.807) is 6.08 Å². The Morgan fingerprint density at radius 2 is 2.00 bits per heavy atom. The number of hydrogen-bond donors (Lipinski definition) is 1. The fourth-order valence-corrected chi connectivity index (χ4v) is 2.84. The zero-order valence-corrected chi connectivity index (χ0v) is 13.6. The lowest BCUT2D eigenvalue weighted by Gasteiger charge is -2.19. The van der Waals surface area contributed by atoms with E-state index in [9.17, 15) is 19.2 Å². The third-order valence-corrected chi connectivity index (χ3v) is 3.95. The number of allylic oxidation sites excluding steroid dienone is 1. The number of carbonyl (C=O) groups is 4. The summed E-state index contributed by atoms with van der Waals surface area (Å²) in [7, 11) is 0. The van der Waals surface area contributed by atoms with Crippen molar-refractivity contribution in [2.24, 2.45) is 11.8 Å². The van der Waals surface area contributed by atoms with Crippen LogP contribution in [0.1, 0.15) is 52.4 Å². The van der Waals surface area contributed by atoms with E-state index < -0.39 is 29.9 Å². The van der Waals surface area contributed by atoms with E-state index >= 15 is 0 Å². The second-order valence-corrected chi connectivity index (χ2v) is 5.88. The van der Waals surface area contributed by atoms with Gasteiger partial charge in [-0.2, -0.15) is 0 Å². The third kappa shape index (κ3) is 6.34. The lowest BCUT2D eigenvalue weighted by atomic mass is 9.90. The topological polar surface area (TPSA) is 97.7 Å². The molecule has 1 aliphatic carbocycles. The molecule has 1 saturated carbocycles. The van der Waals surface area contributed by atoms with Gasteiger partial charge in [0.1, 0.15) is 11.9 Å². The molecule has 0 heterocycles. The molecule has 128 valence electrons. The Morgan fingerprint density at radius 1 is 1.30 bits per heavy atom. The van der Waals surface area contributed by atoms with Crippen molar-refractivity contribution in [2.75, 3.05) is 0 Å². The Labute approximate surface area is 135 Å². The first-order valence-corrected chi connectivity index (χ1v) is 7.97. The van der Waals surface area contributed by atoms with E-state index in [0.29, 0.717) is 6.42 Å². The Morgan fingerprint density at radius 3 is 2.57 bits per heavy atom. The van der Waals surface area contributed by atoms with Crippen LogP contribution in [0.2, 0.25) is 0 Å². The van der Waals surface area contributed by atoms with Crippen LogP contribution in [0.3, 0.4) is 0 Å². The van der Waals surface area contributed by atoms with Crippen molar-refractivity contribution in [1.29, 1.82) is 0 Å². The molecule has 1 aliphatic rings. The molecular weight excluding hydrogens is 300 g/mol. The molecule has 0 aliphatic heterocycles. The fraction of sp³-hybridized carbons (Fsp3) is 0.647. The number of rotatable bonds is 9. The normalized spacial score (nSPS) is 24.1. The number of Topliss-reactive ketones (excluding diaryl/α,β-unsaturated/α-hetero) is 1. The molecule has 6 nitrogen and oxygen atoms in total. The van der Waals surface area contributed by atoms with Gasteiger partial charge in [-0.15, -0.1) is 0 Å². The average molecular weight is 324 g/mol. The highest BCUT2D eigenvalue weighted by Crippen LogP contribution is 2.35. The second-order valence-electron chi connectivity index (χ2n) is 5.88. The molecule has 0 radical (unpaired) electrons. The maximum absolute atomic E-state index is 12.0. The fourth-order valence-electron chi connectivity index (χ4n) is 2.84. The molecule has 23 heavy (non-hydrogen) atoms. The Balaban J connectivity index is 2.79. The van der Waals surface area contributed by atoms with Gasteiger partial charge in [-0.25, -0.2) is 0 Å². The summed E-state index contributed by atoms with van der Waals surface area (Å²) < 4.78 is 5.12. The minimum absolute atomic E-state index is 0.00341. The van der Waals surface area contributed by atoms with Crippen LogP contribution < -0.4 is 0 Å².